The molecule has 112 valence electrons. The molecule has 0 atom stereocenters. The SMILES string of the molecule is CN(CCN1CCNCC1)S(=O)(=O)c1cccc(Cl)c1. The second kappa shape index (κ2) is 6.87. The standard InChI is InChI=1S/C13H20ClN3O2S/c1-16(9-10-17-7-5-15-6-8-17)20(18,19)13-4-2-3-12(14)11-13/h2-4,11,15H,5-10H2,1H3. The minimum Gasteiger partial charge on any atom is -0.314 e. The minimum absolute atomic E-state index is 0.243. The molecule has 0 bridgehead atoms. The first-order valence-electron chi connectivity index (χ1n) is 6.65. The lowest BCUT2D eigenvalue weighted by atomic mass is 10.3. The highest BCUT2D eigenvalue weighted by Crippen LogP contribution is 2.18. The Hall–Kier alpha value is -0.660. The van der Waals surface area contributed by atoms with E-state index in [1.54, 1.807) is 25.2 Å². The molecule has 20 heavy (non-hydrogen) atoms. The molecule has 1 aliphatic heterocycles. The van der Waals surface area contributed by atoms with Crippen molar-refractivity contribution in [3.8, 4) is 0 Å². The summed E-state index contributed by atoms with van der Waals surface area (Å²) in [6.07, 6.45) is 0. The average Bonchev–Trinajstić information content (AvgIpc) is 2.45. The van der Waals surface area contributed by atoms with Crippen LogP contribution in [0.25, 0.3) is 0 Å². The topological polar surface area (TPSA) is 52.6 Å². The van der Waals surface area contributed by atoms with E-state index in [2.05, 4.69) is 10.2 Å². The summed E-state index contributed by atoms with van der Waals surface area (Å²) in [5, 5.41) is 3.71. The van der Waals surface area contributed by atoms with E-state index in [1.165, 1.54) is 10.4 Å². The molecule has 1 saturated heterocycles. The van der Waals surface area contributed by atoms with Crippen LogP contribution in [0.3, 0.4) is 0 Å². The summed E-state index contributed by atoms with van der Waals surface area (Å²) in [7, 11) is -1.85. The largest absolute Gasteiger partial charge is 0.314 e. The molecular formula is C13H20ClN3O2S. The maximum atomic E-state index is 12.4. The third-order valence-electron chi connectivity index (χ3n) is 3.44. The molecule has 0 unspecified atom stereocenters. The van der Waals surface area contributed by atoms with E-state index >= 15 is 0 Å². The van der Waals surface area contributed by atoms with Crippen LogP contribution in [0.4, 0.5) is 0 Å². The molecule has 0 amide bonds. The Kier molecular flexibility index (Phi) is 5.40. The van der Waals surface area contributed by atoms with E-state index in [4.69, 9.17) is 11.6 Å². The molecule has 7 heteroatoms. The van der Waals surface area contributed by atoms with E-state index in [9.17, 15) is 8.42 Å². The van der Waals surface area contributed by atoms with Crippen LogP contribution < -0.4 is 5.32 Å². The molecule has 0 saturated carbocycles. The zero-order chi connectivity index (χ0) is 14.6. The molecule has 1 aromatic carbocycles. The maximum absolute atomic E-state index is 12.4. The molecule has 1 fully saturated rings. The van der Waals surface area contributed by atoms with Crippen molar-refractivity contribution in [2.45, 2.75) is 4.90 Å². The fourth-order valence-electron chi connectivity index (χ4n) is 2.14. The number of nitrogens with one attached hydrogen (secondary N) is 1. The monoisotopic (exact) mass is 317 g/mol. The normalized spacial score (nSPS) is 17.6. The van der Waals surface area contributed by atoms with Gasteiger partial charge in [-0.25, -0.2) is 8.42 Å². The van der Waals surface area contributed by atoms with Gasteiger partial charge in [-0.2, -0.15) is 4.31 Å². The van der Waals surface area contributed by atoms with Gasteiger partial charge in [0, 0.05) is 51.3 Å². The van der Waals surface area contributed by atoms with Crippen molar-refractivity contribution < 1.29 is 8.42 Å². The first kappa shape index (κ1) is 15.7. The number of halogens is 1. The molecular weight excluding hydrogens is 298 g/mol. The van der Waals surface area contributed by atoms with Gasteiger partial charge in [0.05, 0.1) is 4.90 Å². The van der Waals surface area contributed by atoms with E-state index in [0.29, 0.717) is 11.6 Å². The first-order chi connectivity index (χ1) is 9.50. The number of sulfonamides is 1. The summed E-state index contributed by atoms with van der Waals surface area (Å²) in [6.45, 7) is 5.08. The third kappa shape index (κ3) is 3.93. The van der Waals surface area contributed by atoms with E-state index in [0.717, 1.165) is 32.7 Å². The van der Waals surface area contributed by atoms with Crippen molar-refractivity contribution in [2.24, 2.45) is 0 Å². The lowest BCUT2D eigenvalue weighted by Gasteiger charge is -2.28. The van der Waals surface area contributed by atoms with Gasteiger partial charge in [0.15, 0.2) is 0 Å². The van der Waals surface area contributed by atoms with Crippen LogP contribution in [0.1, 0.15) is 0 Å². The van der Waals surface area contributed by atoms with Crippen molar-refractivity contribution >= 4 is 21.6 Å². The Bertz CT molecular complexity index is 544. The Balaban J connectivity index is 1.98. The van der Waals surface area contributed by atoms with Crippen LogP contribution in [-0.2, 0) is 10.0 Å². The third-order valence-corrected chi connectivity index (χ3v) is 5.53. The van der Waals surface area contributed by atoms with Gasteiger partial charge in [-0.3, -0.25) is 4.90 Å². The molecule has 0 aromatic heterocycles. The first-order valence-corrected chi connectivity index (χ1v) is 8.47. The zero-order valence-electron chi connectivity index (χ0n) is 11.5. The molecule has 0 radical (unpaired) electrons. The van der Waals surface area contributed by atoms with E-state index < -0.39 is 10.0 Å². The highest BCUT2D eigenvalue weighted by Gasteiger charge is 2.21. The maximum Gasteiger partial charge on any atom is 0.242 e. The van der Waals surface area contributed by atoms with Gasteiger partial charge in [-0.1, -0.05) is 17.7 Å². The Morgan fingerprint density at radius 3 is 2.70 bits per heavy atom. The number of benzene rings is 1. The van der Waals surface area contributed by atoms with Crippen LogP contribution in [0.5, 0.6) is 0 Å². The van der Waals surface area contributed by atoms with Crippen LogP contribution in [0.2, 0.25) is 5.02 Å². The zero-order valence-corrected chi connectivity index (χ0v) is 13.1. The molecule has 0 spiro atoms. The summed E-state index contributed by atoms with van der Waals surface area (Å²) < 4.78 is 26.2. The number of hydrogen-bond acceptors (Lipinski definition) is 4. The van der Waals surface area contributed by atoms with Crippen molar-refractivity contribution in [3.63, 3.8) is 0 Å². The van der Waals surface area contributed by atoms with Crippen LogP contribution in [0.15, 0.2) is 29.2 Å². The van der Waals surface area contributed by atoms with Crippen molar-refractivity contribution in [2.75, 3.05) is 46.3 Å². The quantitative estimate of drug-likeness (QED) is 0.875. The fourth-order valence-corrected chi connectivity index (χ4v) is 3.61. The summed E-state index contributed by atoms with van der Waals surface area (Å²) in [4.78, 5) is 2.51. The second-order valence-corrected chi connectivity index (χ2v) is 7.36. The van der Waals surface area contributed by atoms with Gasteiger partial charge >= 0.3 is 0 Å². The van der Waals surface area contributed by atoms with Crippen molar-refractivity contribution in [1.82, 2.24) is 14.5 Å². The molecule has 1 heterocycles. The minimum atomic E-state index is -3.46. The summed E-state index contributed by atoms with van der Waals surface area (Å²) in [5.74, 6) is 0. The van der Waals surface area contributed by atoms with Crippen LogP contribution in [-0.4, -0.2) is 63.9 Å². The number of piperazine rings is 1. The molecule has 0 aliphatic carbocycles. The Morgan fingerprint density at radius 2 is 2.05 bits per heavy atom. The fraction of sp³-hybridized carbons (Fsp3) is 0.538. The molecule has 1 aliphatic rings. The smallest absolute Gasteiger partial charge is 0.242 e. The van der Waals surface area contributed by atoms with Crippen molar-refractivity contribution in [3.05, 3.63) is 29.3 Å². The number of likely N-dealkylation sites (N-methyl/N-ethyl adjacent to an activating group) is 1. The number of rotatable bonds is 5. The summed E-state index contributed by atoms with van der Waals surface area (Å²) >= 11 is 5.86. The highest BCUT2D eigenvalue weighted by molar-refractivity contribution is 7.89. The Labute approximate surface area is 125 Å². The molecule has 1 aromatic rings. The summed E-state index contributed by atoms with van der Waals surface area (Å²) in [6, 6.07) is 6.38. The average molecular weight is 318 g/mol. The van der Waals surface area contributed by atoms with E-state index in [1.807, 2.05) is 0 Å². The predicted molar refractivity (Wildman–Crippen MR) is 80.6 cm³/mol. The van der Waals surface area contributed by atoms with Gasteiger partial charge in [0.25, 0.3) is 0 Å². The molecule has 2 rings (SSSR count). The van der Waals surface area contributed by atoms with Gasteiger partial charge in [-0.15, -0.1) is 0 Å². The van der Waals surface area contributed by atoms with Crippen molar-refractivity contribution in [1.29, 1.82) is 0 Å². The van der Waals surface area contributed by atoms with E-state index in [-0.39, 0.29) is 4.90 Å². The van der Waals surface area contributed by atoms with Gasteiger partial charge < -0.3 is 5.32 Å². The van der Waals surface area contributed by atoms with Gasteiger partial charge in [0.2, 0.25) is 10.0 Å². The predicted octanol–water partition coefficient (Wildman–Crippen LogP) is 0.866. The molecule has 1 N–H and O–H groups in total. The number of hydrogen-bond donors (Lipinski definition) is 1. The Morgan fingerprint density at radius 1 is 1.35 bits per heavy atom. The number of nitrogens with zero attached hydrogens (tertiary/aromatic N) is 2. The lowest BCUT2D eigenvalue weighted by Crippen LogP contribution is -2.46. The second-order valence-electron chi connectivity index (χ2n) is 4.88. The van der Waals surface area contributed by atoms with Crippen LogP contribution >= 0.6 is 11.6 Å². The molecule has 5 nitrogen and oxygen atoms in total. The lowest BCUT2D eigenvalue weighted by molar-refractivity contribution is 0.229. The highest BCUT2D eigenvalue weighted by atomic mass is 35.5. The summed E-state index contributed by atoms with van der Waals surface area (Å²) in [5.41, 5.74) is 0. The van der Waals surface area contributed by atoms with Crippen LogP contribution in [0, 0.1) is 0 Å². The van der Waals surface area contributed by atoms with Gasteiger partial charge in [-0.05, 0) is 18.2 Å². The van der Waals surface area contributed by atoms with Gasteiger partial charge in [0.1, 0.15) is 0 Å².